The maximum atomic E-state index is 11.3. The third-order valence-electron chi connectivity index (χ3n) is 2.73. The van der Waals surface area contributed by atoms with Gasteiger partial charge in [0.15, 0.2) is 0 Å². The first-order valence-corrected chi connectivity index (χ1v) is 6.02. The van der Waals surface area contributed by atoms with Crippen molar-refractivity contribution in [3.05, 3.63) is 11.9 Å². The van der Waals surface area contributed by atoms with E-state index in [9.17, 15) is 4.79 Å². The molecule has 4 N–H and O–H groups in total. The van der Waals surface area contributed by atoms with E-state index in [0.717, 1.165) is 24.2 Å². The van der Waals surface area contributed by atoms with Crippen LogP contribution in [0.5, 0.6) is 0 Å². The lowest BCUT2D eigenvalue weighted by atomic mass is 10.0. The maximum absolute atomic E-state index is 11.3. The summed E-state index contributed by atoms with van der Waals surface area (Å²) < 4.78 is 0. The zero-order valence-corrected chi connectivity index (χ0v) is 11.4. The first-order valence-electron chi connectivity index (χ1n) is 6.02. The fourth-order valence-corrected chi connectivity index (χ4v) is 1.58. The van der Waals surface area contributed by atoms with Crippen molar-refractivity contribution in [3.8, 4) is 0 Å². The van der Waals surface area contributed by atoms with E-state index in [-0.39, 0.29) is 0 Å². The van der Waals surface area contributed by atoms with Crippen molar-refractivity contribution >= 4 is 17.5 Å². The summed E-state index contributed by atoms with van der Waals surface area (Å²) in [4.78, 5) is 19.7. The average Bonchev–Trinajstić information content (AvgIpc) is 2.31. The Balaban J connectivity index is 3.12. The van der Waals surface area contributed by atoms with E-state index in [1.165, 1.54) is 6.33 Å². The van der Waals surface area contributed by atoms with Crippen molar-refractivity contribution in [3.63, 3.8) is 0 Å². The highest BCUT2D eigenvalue weighted by atomic mass is 16.1. The van der Waals surface area contributed by atoms with Crippen molar-refractivity contribution in [1.29, 1.82) is 0 Å². The van der Waals surface area contributed by atoms with Gasteiger partial charge in [0.25, 0.3) is 0 Å². The lowest BCUT2D eigenvalue weighted by molar-refractivity contribution is -0.121. The van der Waals surface area contributed by atoms with Crippen LogP contribution < -0.4 is 16.4 Å². The second-order valence-corrected chi connectivity index (χ2v) is 4.66. The smallest absolute Gasteiger partial charge is 0.242 e. The van der Waals surface area contributed by atoms with Gasteiger partial charge in [0.1, 0.15) is 23.5 Å². The molecule has 0 saturated carbocycles. The molecule has 1 aromatic rings. The molecule has 0 aromatic carbocycles. The van der Waals surface area contributed by atoms with Gasteiger partial charge in [-0.25, -0.2) is 9.97 Å². The van der Waals surface area contributed by atoms with E-state index >= 15 is 0 Å². The molecule has 0 unspecified atom stereocenters. The lowest BCUT2D eigenvalue weighted by Crippen LogP contribution is -2.45. The minimum atomic E-state index is -0.845. The summed E-state index contributed by atoms with van der Waals surface area (Å²) in [5.74, 6) is 1.00. The summed E-state index contributed by atoms with van der Waals surface area (Å²) >= 11 is 0. The highest BCUT2D eigenvalue weighted by molar-refractivity contribution is 5.87. The van der Waals surface area contributed by atoms with Gasteiger partial charge in [-0.2, -0.15) is 0 Å². The van der Waals surface area contributed by atoms with Crippen molar-refractivity contribution in [2.45, 2.75) is 39.2 Å². The van der Waals surface area contributed by atoms with E-state index < -0.39 is 11.4 Å². The molecule has 0 aliphatic heterocycles. The molecule has 0 atom stereocenters. The fraction of sp³-hybridized carbons (Fsp3) is 0.583. The Hall–Kier alpha value is -1.85. The van der Waals surface area contributed by atoms with Gasteiger partial charge in [0.05, 0.1) is 0 Å². The quantitative estimate of drug-likeness (QED) is 0.705. The Kier molecular flexibility index (Phi) is 4.47. The molecule has 1 rings (SSSR count). The van der Waals surface area contributed by atoms with Crippen LogP contribution in [0.2, 0.25) is 0 Å². The van der Waals surface area contributed by atoms with Crippen LogP contribution in [0.25, 0.3) is 0 Å². The zero-order chi connectivity index (χ0) is 13.8. The second-order valence-electron chi connectivity index (χ2n) is 4.66. The minimum absolute atomic E-state index is 0.422. The summed E-state index contributed by atoms with van der Waals surface area (Å²) in [5, 5.41) is 6.11. The molecule has 1 heterocycles. The zero-order valence-electron chi connectivity index (χ0n) is 11.4. The van der Waals surface area contributed by atoms with Gasteiger partial charge in [0.2, 0.25) is 5.91 Å². The molecule has 0 fully saturated rings. The van der Waals surface area contributed by atoms with Crippen LogP contribution in [-0.2, 0) is 11.2 Å². The molecular weight excluding hydrogens is 230 g/mol. The molecule has 0 radical (unpaired) electrons. The molecule has 1 amide bonds. The van der Waals surface area contributed by atoms with Crippen LogP contribution in [0.15, 0.2) is 6.33 Å². The summed E-state index contributed by atoms with van der Waals surface area (Å²) in [6.07, 6.45) is 3.26. The monoisotopic (exact) mass is 251 g/mol. The molecular formula is C12H21N5O. The number of nitrogens with two attached hydrogens (primary N) is 1. The molecule has 0 saturated heterocycles. The van der Waals surface area contributed by atoms with E-state index in [2.05, 4.69) is 27.5 Å². The van der Waals surface area contributed by atoms with Gasteiger partial charge in [-0.05, 0) is 20.3 Å². The summed E-state index contributed by atoms with van der Waals surface area (Å²) in [7, 11) is 1.81. The Morgan fingerprint density at radius 3 is 2.50 bits per heavy atom. The molecule has 100 valence electrons. The van der Waals surface area contributed by atoms with Crippen molar-refractivity contribution in [2.75, 3.05) is 17.7 Å². The predicted molar refractivity (Wildman–Crippen MR) is 72.5 cm³/mol. The van der Waals surface area contributed by atoms with Gasteiger partial charge >= 0.3 is 0 Å². The number of aromatic nitrogens is 2. The Labute approximate surface area is 107 Å². The number of primary amides is 1. The SMILES string of the molecule is CCCc1c(NC)ncnc1NC(C)(C)C(N)=O. The highest BCUT2D eigenvalue weighted by Crippen LogP contribution is 2.23. The fourth-order valence-electron chi connectivity index (χ4n) is 1.58. The number of nitrogens with zero attached hydrogens (tertiary/aromatic N) is 2. The lowest BCUT2D eigenvalue weighted by Gasteiger charge is -2.25. The van der Waals surface area contributed by atoms with E-state index in [1.54, 1.807) is 13.8 Å². The van der Waals surface area contributed by atoms with E-state index in [0.29, 0.717) is 5.82 Å². The van der Waals surface area contributed by atoms with Crippen LogP contribution in [-0.4, -0.2) is 28.5 Å². The van der Waals surface area contributed by atoms with Crippen LogP contribution in [0.3, 0.4) is 0 Å². The van der Waals surface area contributed by atoms with Crippen LogP contribution >= 0.6 is 0 Å². The van der Waals surface area contributed by atoms with E-state index in [4.69, 9.17) is 5.73 Å². The van der Waals surface area contributed by atoms with Crippen molar-refractivity contribution in [1.82, 2.24) is 9.97 Å². The van der Waals surface area contributed by atoms with Gasteiger partial charge in [-0.1, -0.05) is 13.3 Å². The Morgan fingerprint density at radius 1 is 1.39 bits per heavy atom. The summed E-state index contributed by atoms with van der Waals surface area (Å²) in [5.41, 5.74) is 5.48. The Bertz CT molecular complexity index is 430. The van der Waals surface area contributed by atoms with Crippen molar-refractivity contribution < 1.29 is 4.79 Å². The maximum Gasteiger partial charge on any atom is 0.242 e. The molecule has 0 bridgehead atoms. The molecule has 0 aliphatic rings. The van der Waals surface area contributed by atoms with Crippen LogP contribution in [0.4, 0.5) is 11.6 Å². The van der Waals surface area contributed by atoms with Crippen LogP contribution in [0.1, 0.15) is 32.8 Å². The van der Waals surface area contributed by atoms with Gasteiger partial charge in [-0.3, -0.25) is 4.79 Å². The number of anilines is 2. The molecule has 6 nitrogen and oxygen atoms in total. The normalized spacial score (nSPS) is 11.1. The summed E-state index contributed by atoms with van der Waals surface area (Å²) in [6.45, 7) is 5.54. The number of carbonyl (C=O) groups is 1. The standard InChI is InChI=1S/C12H21N5O/c1-5-6-8-9(14-4)15-7-16-10(8)17-12(2,3)11(13)18/h7H,5-6H2,1-4H3,(H2,13,18)(H2,14,15,16,17). The molecule has 1 aromatic heterocycles. The highest BCUT2D eigenvalue weighted by Gasteiger charge is 2.26. The number of rotatable bonds is 6. The first-order chi connectivity index (χ1) is 8.42. The number of hydrogen-bond acceptors (Lipinski definition) is 5. The Morgan fingerprint density at radius 2 is 2.00 bits per heavy atom. The largest absolute Gasteiger partial charge is 0.373 e. The number of amides is 1. The number of carbonyl (C=O) groups excluding carboxylic acids is 1. The predicted octanol–water partition coefficient (Wildman–Crippen LogP) is 1.15. The molecule has 0 spiro atoms. The van der Waals surface area contributed by atoms with Gasteiger partial charge in [-0.15, -0.1) is 0 Å². The second kappa shape index (κ2) is 5.66. The third-order valence-corrected chi connectivity index (χ3v) is 2.73. The molecule has 0 aliphatic carbocycles. The average molecular weight is 251 g/mol. The molecule has 18 heavy (non-hydrogen) atoms. The minimum Gasteiger partial charge on any atom is -0.373 e. The van der Waals surface area contributed by atoms with Crippen LogP contribution in [0, 0.1) is 0 Å². The van der Waals surface area contributed by atoms with Gasteiger partial charge < -0.3 is 16.4 Å². The van der Waals surface area contributed by atoms with E-state index in [1.807, 2.05) is 7.05 Å². The van der Waals surface area contributed by atoms with Gasteiger partial charge in [0, 0.05) is 12.6 Å². The number of nitrogens with one attached hydrogen (secondary N) is 2. The summed E-state index contributed by atoms with van der Waals surface area (Å²) in [6, 6.07) is 0. The number of hydrogen-bond donors (Lipinski definition) is 3. The van der Waals surface area contributed by atoms with Crippen molar-refractivity contribution in [2.24, 2.45) is 5.73 Å². The topological polar surface area (TPSA) is 92.9 Å². The third kappa shape index (κ3) is 3.09. The molecule has 6 heteroatoms. The first kappa shape index (κ1) is 14.2.